The minimum absolute atomic E-state index is 0.108. The van der Waals surface area contributed by atoms with E-state index in [1.165, 1.54) is 85.8 Å². The summed E-state index contributed by atoms with van der Waals surface area (Å²) in [6, 6.07) is 17.3. The number of rotatable bonds is 15. The molecule has 0 heterocycles. The summed E-state index contributed by atoms with van der Waals surface area (Å²) in [7, 11) is 0. The first-order valence-corrected chi connectivity index (χ1v) is 14.4. The number of aliphatic hydroxyl groups excluding tert-OH is 1. The van der Waals surface area contributed by atoms with Gasteiger partial charge in [-0.3, -0.25) is 4.90 Å². The lowest BCUT2D eigenvalue weighted by molar-refractivity contribution is 0.0555. The summed E-state index contributed by atoms with van der Waals surface area (Å²) in [6.45, 7) is 8.92. The lowest BCUT2D eigenvalue weighted by Crippen LogP contribution is -2.39. The minimum Gasteiger partial charge on any atom is -0.387 e. The van der Waals surface area contributed by atoms with E-state index in [9.17, 15) is 5.11 Å². The molecule has 0 radical (unpaired) electrons. The fourth-order valence-electron chi connectivity index (χ4n) is 5.09. The molecule has 2 unspecified atom stereocenters. The monoisotopic (exact) mass is 525 g/mol. The van der Waals surface area contributed by atoms with Gasteiger partial charge < -0.3 is 5.11 Å². The van der Waals surface area contributed by atoms with Crippen molar-refractivity contribution in [3.8, 4) is 0 Å². The largest absolute Gasteiger partial charge is 0.387 e. The summed E-state index contributed by atoms with van der Waals surface area (Å²) in [4.78, 5) is 2.55. The molecule has 2 atom stereocenters. The van der Waals surface area contributed by atoms with Crippen LogP contribution in [0.2, 0.25) is 0 Å². The van der Waals surface area contributed by atoms with Gasteiger partial charge in [0.15, 0.2) is 0 Å². The van der Waals surface area contributed by atoms with E-state index in [2.05, 4.69) is 90.1 Å². The van der Waals surface area contributed by atoms with Gasteiger partial charge in [-0.15, -0.1) is 0 Å². The van der Waals surface area contributed by atoms with E-state index in [-0.39, 0.29) is 6.04 Å². The number of fused-ring (bicyclic) bond motifs is 3. The van der Waals surface area contributed by atoms with E-state index in [1.807, 2.05) is 0 Å². The molecule has 3 rings (SSSR count). The molecule has 0 fully saturated rings. The molecule has 0 aliphatic rings. The second-order valence-electron chi connectivity index (χ2n) is 9.93. The molecule has 0 amide bonds. The lowest BCUT2D eigenvalue weighted by atomic mass is 9.95. The van der Waals surface area contributed by atoms with E-state index in [1.54, 1.807) is 0 Å². The van der Waals surface area contributed by atoms with Crippen LogP contribution in [0.25, 0.3) is 21.5 Å². The van der Waals surface area contributed by atoms with Crippen LogP contribution in [-0.2, 0) is 0 Å². The summed E-state index contributed by atoms with van der Waals surface area (Å²) in [5.41, 5.74) is 1.02. The number of benzene rings is 3. The van der Waals surface area contributed by atoms with Crippen LogP contribution in [0.5, 0.6) is 0 Å². The summed E-state index contributed by atoms with van der Waals surface area (Å²) in [5.74, 6) is 0. The number of hydrogen-bond acceptors (Lipinski definition) is 2. The SMILES string of the molecule is CCCCCCCN(CCCCCCC)C(C)C(O)c1ccc2cc(Br)c3ccccc3c2c1. The number of unbranched alkanes of at least 4 members (excludes halogenated alkanes) is 8. The van der Waals surface area contributed by atoms with E-state index < -0.39 is 6.10 Å². The van der Waals surface area contributed by atoms with Gasteiger partial charge in [0.1, 0.15) is 0 Å². The quantitative estimate of drug-likeness (QED) is 0.157. The maximum Gasteiger partial charge on any atom is 0.0942 e. The van der Waals surface area contributed by atoms with Crippen LogP contribution in [0.4, 0.5) is 0 Å². The predicted octanol–water partition coefficient (Wildman–Crippen LogP) is 9.42. The average molecular weight is 527 g/mol. The molecule has 3 aromatic carbocycles. The van der Waals surface area contributed by atoms with Crippen molar-refractivity contribution in [1.82, 2.24) is 4.90 Å². The third-order valence-corrected chi connectivity index (χ3v) is 7.96. The molecule has 0 saturated carbocycles. The highest BCUT2D eigenvalue weighted by Gasteiger charge is 2.23. The van der Waals surface area contributed by atoms with Crippen LogP contribution in [0, 0.1) is 0 Å². The summed E-state index contributed by atoms with van der Waals surface area (Å²) in [6.07, 6.45) is 12.4. The molecule has 3 aromatic rings. The van der Waals surface area contributed by atoms with Crippen molar-refractivity contribution in [2.75, 3.05) is 13.1 Å². The van der Waals surface area contributed by atoms with E-state index in [0.29, 0.717) is 0 Å². The summed E-state index contributed by atoms with van der Waals surface area (Å²) >= 11 is 3.73. The topological polar surface area (TPSA) is 23.5 Å². The Labute approximate surface area is 215 Å². The Balaban J connectivity index is 1.76. The van der Waals surface area contributed by atoms with Crippen molar-refractivity contribution in [1.29, 1.82) is 0 Å². The molecule has 0 saturated heterocycles. The van der Waals surface area contributed by atoms with Gasteiger partial charge in [0.05, 0.1) is 6.10 Å². The fraction of sp³-hybridized carbons (Fsp3) is 0.548. The van der Waals surface area contributed by atoms with Gasteiger partial charge in [0.25, 0.3) is 0 Å². The summed E-state index contributed by atoms with van der Waals surface area (Å²) in [5, 5.41) is 16.4. The number of nitrogens with zero attached hydrogens (tertiary/aromatic N) is 1. The highest BCUT2D eigenvalue weighted by Crippen LogP contribution is 2.34. The van der Waals surface area contributed by atoms with Gasteiger partial charge in [-0.05, 0) is 72.1 Å². The maximum absolute atomic E-state index is 11.5. The Morgan fingerprint density at radius 2 is 1.32 bits per heavy atom. The minimum atomic E-state index is -0.488. The molecule has 1 N–H and O–H groups in total. The highest BCUT2D eigenvalue weighted by atomic mass is 79.9. The van der Waals surface area contributed by atoms with Gasteiger partial charge in [-0.2, -0.15) is 0 Å². The summed E-state index contributed by atoms with van der Waals surface area (Å²) < 4.78 is 1.12. The first kappa shape index (κ1) is 27.2. The Hall–Kier alpha value is -1.42. The van der Waals surface area contributed by atoms with Crippen LogP contribution in [0.3, 0.4) is 0 Å². The zero-order chi connectivity index (χ0) is 24.3. The van der Waals surface area contributed by atoms with Crippen LogP contribution in [0.1, 0.15) is 96.6 Å². The van der Waals surface area contributed by atoms with Crippen LogP contribution >= 0.6 is 15.9 Å². The van der Waals surface area contributed by atoms with Gasteiger partial charge >= 0.3 is 0 Å². The van der Waals surface area contributed by atoms with Crippen molar-refractivity contribution in [3.63, 3.8) is 0 Å². The molecule has 34 heavy (non-hydrogen) atoms. The Morgan fingerprint density at radius 1 is 0.735 bits per heavy atom. The first-order chi connectivity index (χ1) is 16.6. The molecule has 0 bridgehead atoms. The molecule has 0 aromatic heterocycles. The van der Waals surface area contributed by atoms with Crippen molar-refractivity contribution in [3.05, 3.63) is 58.6 Å². The normalized spacial score (nSPS) is 13.7. The van der Waals surface area contributed by atoms with Gasteiger partial charge in [-0.25, -0.2) is 0 Å². The van der Waals surface area contributed by atoms with E-state index >= 15 is 0 Å². The van der Waals surface area contributed by atoms with Crippen molar-refractivity contribution in [2.45, 2.75) is 97.1 Å². The van der Waals surface area contributed by atoms with Crippen molar-refractivity contribution in [2.24, 2.45) is 0 Å². The van der Waals surface area contributed by atoms with E-state index in [4.69, 9.17) is 0 Å². The van der Waals surface area contributed by atoms with Gasteiger partial charge in [-0.1, -0.05) is 118 Å². The molecule has 0 spiro atoms. The zero-order valence-electron chi connectivity index (χ0n) is 21.5. The van der Waals surface area contributed by atoms with Gasteiger partial charge in [0, 0.05) is 10.5 Å². The van der Waals surface area contributed by atoms with E-state index in [0.717, 1.165) is 23.1 Å². The molecule has 186 valence electrons. The second-order valence-corrected chi connectivity index (χ2v) is 10.8. The zero-order valence-corrected chi connectivity index (χ0v) is 23.1. The molecule has 0 aliphatic heterocycles. The van der Waals surface area contributed by atoms with Crippen molar-refractivity contribution < 1.29 is 5.11 Å². The number of hydrogen-bond donors (Lipinski definition) is 1. The molecular formula is C31H44BrNO. The van der Waals surface area contributed by atoms with Crippen LogP contribution < -0.4 is 0 Å². The maximum atomic E-state index is 11.5. The third-order valence-electron chi connectivity index (χ3n) is 7.31. The Morgan fingerprint density at radius 3 is 1.94 bits per heavy atom. The Kier molecular flexibility index (Phi) is 11.4. The highest BCUT2D eigenvalue weighted by molar-refractivity contribution is 9.10. The lowest BCUT2D eigenvalue weighted by Gasteiger charge is -2.33. The predicted molar refractivity (Wildman–Crippen MR) is 153 cm³/mol. The van der Waals surface area contributed by atoms with Crippen LogP contribution in [-0.4, -0.2) is 29.1 Å². The molecule has 3 heteroatoms. The molecule has 0 aliphatic carbocycles. The van der Waals surface area contributed by atoms with Crippen LogP contribution in [0.15, 0.2) is 53.0 Å². The molecular weight excluding hydrogens is 482 g/mol. The van der Waals surface area contributed by atoms with Gasteiger partial charge in [0.2, 0.25) is 0 Å². The number of aliphatic hydroxyl groups is 1. The molecule has 2 nitrogen and oxygen atoms in total. The Bertz CT molecular complexity index is 1000. The first-order valence-electron chi connectivity index (χ1n) is 13.6. The second kappa shape index (κ2) is 14.2. The third kappa shape index (κ3) is 7.29. The fourth-order valence-corrected chi connectivity index (χ4v) is 5.68. The van der Waals surface area contributed by atoms with Crippen molar-refractivity contribution >= 4 is 37.5 Å². The number of halogens is 1. The smallest absolute Gasteiger partial charge is 0.0942 e. The standard InChI is InChI=1S/C31H44BrNO/c1-4-6-8-10-14-20-33(21-15-11-9-7-5-2)24(3)31(34)26-19-18-25-23-30(32)28-17-13-12-16-27(28)29(25)22-26/h12-13,16-19,22-24,31,34H,4-11,14-15,20-21H2,1-3H3. The average Bonchev–Trinajstić information content (AvgIpc) is 2.86.